The number of nitrogens with zero attached hydrogens (tertiary/aromatic N) is 1. The highest BCUT2D eigenvalue weighted by Gasteiger charge is 2.19. The van der Waals surface area contributed by atoms with Gasteiger partial charge in [-0.25, -0.2) is 8.42 Å². The van der Waals surface area contributed by atoms with Gasteiger partial charge in [-0.2, -0.15) is 0 Å². The number of carbonyl (C=O) groups excluding carboxylic acids is 1. The minimum atomic E-state index is -3.41. The van der Waals surface area contributed by atoms with Crippen LogP contribution in [0.15, 0.2) is 42.5 Å². The lowest BCUT2D eigenvalue weighted by atomic mass is 10.0. The summed E-state index contributed by atoms with van der Waals surface area (Å²) in [5.74, 6) is -0.0576. The van der Waals surface area contributed by atoms with E-state index in [9.17, 15) is 13.2 Å². The summed E-state index contributed by atoms with van der Waals surface area (Å²) in [6, 6.07) is 14.0. The third-order valence-corrected chi connectivity index (χ3v) is 6.99. The van der Waals surface area contributed by atoms with Gasteiger partial charge in [-0.3, -0.25) is 9.10 Å². The molecule has 162 valence electrons. The number of amides is 1. The minimum absolute atomic E-state index is 0.0576. The molecule has 2 aromatic carbocycles. The van der Waals surface area contributed by atoms with Gasteiger partial charge in [0.1, 0.15) is 0 Å². The van der Waals surface area contributed by atoms with Crippen LogP contribution in [0, 0.1) is 0 Å². The maximum atomic E-state index is 12.4. The molecule has 1 amide bonds. The summed E-state index contributed by atoms with van der Waals surface area (Å²) in [6.45, 7) is 4.34. The third kappa shape index (κ3) is 5.63. The van der Waals surface area contributed by atoms with Crippen LogP contribution in [-0.4, -0.2) is 27.1 Å². The predicted molar refractivity (Wildman–Crippen MR) is 122 cm³/mol. The van der Waals surface area contributed by atoms with Crippen molar-refractivity contribution in [2.75, 3.05) is 17.1 Å². The molecule has 0 saturated heterocycles. The second-order valence-corrected chi connectivity index (χ2v) is 10.0. The summed E-state index contributed by atoms with van der Waals surface area (Å²) < 4.78 is 25.9. The SMILES string of the molecule is CCc1ccc(N(CCCC(=O)N[C@H](C)c2ccc3c(c2)CCC3)S(C)(=O)=O)cc1. The van der Waals surface area contributed by atoms with Gasteiger partial charge in [-0.1, -0.05) is 37.3 Å². The molecule has 1 atom stereocenters. The van der Waals surface area contributed by atoms with Crippen LogP contribution < -0.4 is 9.62 Å². The fraction of sp³-hybridized carbons (Fsp3) is 0.458. The number of hydrogen-bond acceptors (Lipinski definition) is 3. The van der Waals surface area contributed by atoms with Crippen molar-refractivity contribution in [3.8, 4) is 0 Å². The second-order valence-electron chi connectivity index (χ2n) is 8.13. The van der Waals surface area contributed by atoms with Gasteiger partial charge in [0.15, 0.2) is 0 Å². The first-order valence-corrected chi connectivity index (χ1v) is 12.6. The van der Waals surface area contributed by atoms with Crippen LogP contribution in [0.3, 0.4) is 0 Å². The molecule has 1 aliphatic carbocycles. The number of fused-ring (bicyclic) bond motifs is 1. The Balaban J connectivity index is 1.54. The topological polar surface area (TPSA) is 66.5 Å². The molecular formula is C24H32N2O3S. The van der Waals surface area contributed by atoms with E-state index in [1.807, 2.05) is 31.2 Å². The number of carbonyl (C=O) groups is 1. The average Bonchev–Trinajstić information content (AvgIpc) is 3.18. The van der Waals surface area contributed by atoms with E-state index in [1.54, 1.807) is 0 Å². The quantitative estimate of drug-likeness (QED) is 0.652. The standard InChI is InChI=1S/C24H32N2O3S/c1-4-19-10-14-23(15-11-19)26(30(3,28)29)16-6-9-24(27)25-18(2)21-13-12-20-7-5-8-22(20)17-21/h10-15,17-18H,4-9,16H2,1-3H3,(H,25,27)/t18-/m1/s1. The van der Waals surface area contributed by atoms with E-state index in [0.717, 1.165) is 30.4 Å². The monoisotopic (exact) mass is 428 g/mol. The zero-order chi connectivity index (χ0) is 21.7. The Bertz CT molecular complexity index is 984. The summed E-state index contributed by atoms with van der Waals surface area (Å²) in [6.07, 6.45) is 6.33. The maximum absolute atomic E-state index is 12.4. The zero-order valence-electron chi connectivity index (χ0n) is 18.1. The van der Waals surface area contributed by atoms with E-state index < -0.39 is 10.0 Å². The molecule has 1 aliphatic rings. The molecule has 0 heterocycles. The normalized spacial score (nSPS) is 14.2. The molecule has 0 radical (unpaired) electrons. The molecule has 6 heteroatoms. The van der Waals surface area contributed by atoms with Crippen LogP contribution in [0.25, 0.3) is 0 Å². The van der Waals surface area contributed by atoms with E-state index in [1.165, 1.54) is 28.1 Å². The first-order valence-electron chi connectivity index (χ1n) is 10.8. The number of anilines is 1. The Labute approximate surface area is 180 Å². The molecular weight excluding hydrogens is 396 g/mol. The van der Waals surface area contributed by atoms with Crippen LogP contribution in [0.4, 0.5) is 5.69 Å². The van der Waals surface area contributed by atoms with Gasteiger partial charge < -0.3 is 5.32 Å². The summed E-state index contributed by atoms with van der Waals surface area (Å²) in [7, 11) is -3.41. The molecule has 2 aromatic rings. The van der Waals surface area contributed by atoms with E-state index in [2.05, 4.69) is 30.4 Å². The van der Waals surface area contributed by atoms with Crippen molar-refractivity contribution in [3.05, 3.63) is 64.7 Å². The van der Waals surface area contributed by atoms with Crippen LogP contribution >= 0.6 is 0 Å². The molecule has 3 rings (SSSR count). The van der Waals surface area contributed by atoms with Gasteiger partial charge >= 0.3 is 0 Å². The number of hydrogen-bond donors (Lipinski definition) is 1. The summed E-state index contributed by atoms with van der Waals surface area (Å²) in [4.78, 5) is 12.4. The van der Waals surface area contributed by atoms with Gasteiger partial charge in [0.2, 0.25) is 15.9 Å². The number of aryl methyl sites for hydroxylation is 3. The molecule has 0 bridgehead atoms. The van der Waals surface area contributed by atoms with Crippen molar-refractivity contribution < 1.29 is 13.2 Å². The van der Waals surface area contributed by atoms with E-state index in [-0.39, 0.29) is 24.9 Å². The molecule has 0 aliphatic heterocycles. The summed E-state index contributed by atoms with van der Waals surface area (Å²) in [5, 5.41) is 3.05. The second kappa shape index (κ2) is 9.65. The van der Waals surface area contributed by atoms with Crippen LogP contribution in [-0.2, 0) is 34.1 Å². The van der Waals surface area contributed by atoms with Gasteiger partial charge in [-0.05, 0) is 73.4 Å². The highest BCUT2D eigenvalue weighted by molar-refractivity contribution is 7.92. The number of nitrogens with one attached hydrogen (secondary N) is 1. The molecule has 0 saturated carbocycles. The Morgan fingerprint density at radius 3 is 2.47 bits per heavy atom. The van der Waals surface area contributed by atoms with Crippen LogP contribution in [0.2, 0.25) is 0 Å². The van der Waals surface area contributed by atoms with Gasteiger partial charge in [-0.15, -0.1) is 0 Å². The van der Waals surface area contributed by atoms with Crippen LogP contribution in [0.1, 0.15) is 61.4 Å². The Morgan fingerprint density at radius 1 is 1.10 bits per heavy atom. The third-order valence-electron chi connectivity index (χ3n) is 5.80. The molecule has 30 heavy (non-hydrogen) atoms. The number of benzene rings is 2. The highest BCUT2D eigenvalue weighted by atomic mass is 32.2. The summed E-state index contributed by atoms with van der Waals surface area (Å²) in [5.41, 5.74) is 5.74. The molecule has 0 fully saturated rings. The van der Waals surface area contributed by atoms with E-state index in [4.69, 9.17) is 0 Å². The van der Waals surface area contributed by atoms with Crippen molar-refractivity contribution in [2.45, 2.75) is 58.4 Å². The fourth-order valence-electron chi connectivity index (χ4n) is 4.03. The van der Waals surface area contributed by atoms with Gasteiger partial charge in [0.25, 0.3) is 0 Å². The first-order chi connectivity index (χ1) is 14.3. The highest BCUT2D eigenvalue weighted by Crippen LogP contribution is 2.25. The lowest BCUT2D eigenvalue weighted by Gasteiger charge is -2.23. The number of sulfonamides is 1. The Kier molecular flexibility index (Phi) is 7.19. The molecule has 5 nitrogen and oxygen atoms in total. The molecule has 0 spiro atoms. The minimum Gasteiger partial charge on any atom is -0.350 e. The predicted octanol–water partition coefficient (Wildman–Crippen LogP) is 4.16. The molecule has 0 unspecified atom stereocenters. The largest absolute Gasteiger partial charge is 0.350 e. The Morgan fingerprint density at radius 2 is 1.80 bits per heavy atom. The van der Waals surface area contributed by atoms with E-state index >= 15 is 0 Å². The zero-order valence-corrected chi connectivity index (χ0v) is 19.0. The van der Waals surface area contributed by atoms with Crippen molar-refractivity contribution >= 4 is 21.6 Å². The van der Waals surface area contributed by atoms with Crippen molar-refractivity contribution in [1.29, 1.82) is 0 Å². The summed E-state index contributed by atoms with van der Waals surface area (Å²) >= 11 is 0. The lowest BCUT2D eigenvalue weighted by Crippen LogP contribution is -2.32. The fourth-order valence-corrected chi connectivity index (χ4v) is 4.99. The van der Waals surface area contributed by atoms with E-state index in [0.29, 0.717) is 12.1 Å². The van der Waals surface area contributed by atoms with Crippen molar-refractivity contribution in [3.63, 3.8) is 0 Å². The maximum Gasteiger partial charge on any atom is 0.232 e. The smallest absolute Gasteiger partial charge is 0.232 e. The van der Waals surface area contributed by atoms with Gasteiger partial charge in [0.05, 0.1) is 18.0 Å². The molecule has 1 N–H and O–H groups in total. The number of rotatable bonds is 9. The van der Waals surface area contributed by atoms with Crippen molar-refractivity contribution in [1.82, 2.24) is 5.32 Å². The average molecular weight is 429 g/mol. The lowest BCUT2D eigenvalue weighted by molar-refractivity contribution is -0.121. The van der Waals surface area contributed by atoms with Gasteiger partial charge in [0, 0.05) is 13.0 Å². The van der Waals surface area contributed by atoms with Crippen LogP contribution in [0.5, 0.6) is 0 Å². The first kappa shape index (κ1) is 22.3. The molecule has 0 aromatic heterocycles. The Hall–Kier alpha value is -2.34. The van der Waals surface area contributed by atoms with Crippen molar-refractivity contribution in [2.24, 2.45) is 0 Å².